The fraction of sp³-hybridized carbons (Fsp3) is 0.486. The number of fused-ring (bicyclic) bond motifs is 3. The molecule has 3 aromatic rings. The van der Waals surface area contributed by atoms with Gasteiger partial charge in [-0.25, -0.2) is 9.18 Å². The van der Waals surface area contributed by atoms with Gasteiger partial charge in [0.1, 0.15) is 17.5 Å². The number of alkyl halides is 1. The van der Waals surface area contributed by atoms with E-state index in [1.807, 2.05) is 30.3 Å². The number of anilines is 1. The van der Waals surface area contributed by atoms with Gasteiger partial charge in [0.15, 0.2) is 0 Å². The summed E-state index contributed by atoms with van der Waals surface area (Å²) in [5, 5.41) is 4.16. The van der Waals surface area contributed by atoms with E-state index < -0.39 is 11.7 Å². The number of esters is 1. The summed E-state index contributed by atoms with van der Waals surface area (Å²) in [6.07, 6.45) is 8.04. The third-order valence-corrected chi connectivity index (χ3v) is 10.3. The van der Waals surface area contributed by atoms with Gasteiger partial charge in [-0.2, -0.15) is 0 Å². The fourth-order valence-electron chi connectivity index (χ4n) is 7.92. The summed E-state index contributed by atoms with van der Waals surface area (Å²) in [4.78, 5) is 17.6. The Balaban J connectivity index is 1.20. The number of carbonyl (C=O) groups is 1. The summed E-state index contributed by atoms with van der Waals surface area (Å²) in [5.74, 6) is 1.31. The van der Waals surface area contributed by atoms with E-state index in [0.717, 1.165) is 55.5 Å². The number of methoxy groups -OCH3 is 1. The molecule has 3 atom stereocenters. The Morgan fingerprint density at radius 1 is 1.14 bits per heavy atom. The number of rotatable bonds is 8. The van der Waals surface area contributed by atoms with E-state index in [4.69, 9.17) is 21.1 Å². The summed E-state index contributed by atoms with van der Waals surface area (Å²) >= 11 is 6.26. The average Bonchev–Trinajstić information content (AvgIpc) is 3.29. The zero-order chi connectivity index (χ0) is 29.3. The van der Waals surface area contributed by atoms with Crippen LogP contribution in [-0.4, -0.2) is 30.2 Å². The molecule has 0 bridgehead atoms. The van der Waals surface area contributed by atoms with Crippen LogP contribution < -0.4 is 10.1 Å². The van der Waals surface area contributed by atoms with Gasteiger partial charge in [-0.15, -0.1) is 0 Å². The van der Waals surface area contributed by atoms with Gasteiger partial charge in [-0.05, 0) is 110 Å². The third-order valence-electron chi connectivity index (χ3n) is 10.0. The van der Waals surface area contributed by atoms with Crippen molar-refractivity contribution in [3.8, 4) is 5.75 Å². The number of hydrogen-bond acceptors (Lipinski definition) is 5. The molecule has 0 amide bonds. The number of ether oxygens (including phenoxy) is 2. The molecule has 3 aliphatic carbocycles. The zero-order valence-corrected chi connectivity index (χ0v) is 25.3. The van der Waals surface area contributed by atoms with Crippen molar-refractivity contribution < 1.29 is 18.7 Å². The first-order valence-electron chi connectivity index (χ1n) is 15.3. The van der Waals surface area contributed by atoms with Gasteiger partial charge in [-0.3, -0.25) is 4.98 Å². The van der Waals surface area contributed by atoms with Crippen molar-refractivity contribution in [2.75, 3.05) is 19.0 Å². The Labute approximate surface area is 253 Å². The van der Waals surface area contributed by atoms with Crippen molar-refractivity contribution in [3.05, 3.63) is 88.2 Å². The molecule has 1 aromatic heterocycles. The topological polar surface area (TPSA) is 60.5 Å². The maximum Gasteiger partial charge on any atom is 0.331 e. The molecule has 42 heavy (non-hydrogen) atoms. The number of nitrogens with zero attached hydrogens (tertiary/aromatic N) is 1. The number of aromatic nitrogens is 1. The second kappa shape index (κ2) is 11.9. The minimum atomic E-state index is -0.997. The Hall–Kier alpha value is -3.12. The number of pyridine rings is 1. The third kappa shape index (κ3) is 5.39. The number of hydrogen-bond donors (Lipinski definition) is 1. The highest BCUT2D eigenvalue weighted by atomic mass is 35.5. The number of benzene rings is 2. The summed E-state index contributed by atoms with van der Waals surface area (Å²) in [5.41, 5.74) is 4.37. The van der Waals surface area contributed by atoms with Crippen LogP contribution in [0.2, 0.25) is 5.02 Å². The van der Waals surface area contributed by atoms with Crippen LogP contribution in [0.25, 0.3) is 0 Å². The smallest absolute Gasteiger partial charge is 0.331 e. The van der Waals surface area contributed by atoms with E-state index in [9.17, 15) is 9.18 Å². The molecule has 7 heteroatoms. The van der Waals surface area contributed by atoms with Crippen LogP contribution in [0.3, 0.4) is 0 Å². The average molecular weight is 591 g/mol. The van der Waals surface area contributed by atoms with Crippen molar-refractivity contribution in [2.45, 2.75) is 81.8 Å². The minimum Gasteiger partial charge on any atom is -0.493 e. The molecule has 5 nitrogen and oxygen atoms in total. The highest BCUT2D eigenvalue weighted by Gasteiger charge is 2.54. The van der Waals surface area contributed by atoms with Crippen molar-refractivity contribution in [1.29, 1.82) is 0 Å². The number of nitrogens with one attached hydrogen (secondary N) is 1. The normalized spacial score (nSPS) is 27.1. The molecule has 1 fully saturated rings. The summed E-state index contributed by atoms with van der Waals surface area (Å²) in [7, 11) is 1.47. The highest BCUT2D eigenvalue weighted by molar-refractivity contribution is 6.30. The van der Waals surface area contributed by atoms with Gasteiger partial charge in [0.25, 0.3) is 0 Å². The molecular formula is C35H40ClFN2O3. The molecule has 0 aliphatic heterocycles. The molecule has 0 radical (unpaired) electrons. The molecule has 1 heterocycles. The maximum absolute atomic E-state index is 14.5. The van der Waals surface area contributed by atoms with E-state index in [1.165, 1.54) is 18.2 Å². The predicted octanol–water partition coefficient (Wildman–Crippen LogP) is 8.20. The lowest BCUT2D eigenvalue weighted by Crippen LogP contribution is -2.53. The Bertz CT molecular complexity index is 1440. The second-order valence-corrected chi connectivity index (χ2v) is 13.0. The van der Waals surface area contributed by atoms with Gasteiger partial charge in [-0.1, -0.05) is 48.9 Å². The zero-order valence-electron chi connectivity index (χ0n) is 24.5. The van der Waals surface area contributed by atoms with Crippen LogP contribution >= 0.6 is 11.6 Å². The lowest BCUT2D eigenvalue weighted by Gasteiger charge is -2.47. The van der Waals surface area contributed by atoms with Gasteiger partial charge in [0.05, 0.1) is 19.4 Å². The first-order chi connectivity index (χ1) is 20.3. The predicted molar refractivity (Wildman–Crippen MR) is 164 cm³/mol. The maximum atomic E-state index is 14.5. The first kappa shape index (κ1) is 29.0. The Morgan fingerprint density at radius 2 is 1.95 bits per heavy atom. The molecule has 1 saturated carbocycles. The van der Waals surface area contributed by atoms with Crippen LogP contribution in [0.4, 0.5) is 10.1 Å². The molecule has 1 unspecified atom stereocenters. The van der Waals surface area contributed by atoms with Crippen LogP contribution in [0, 0.1) is 11.8 Å². The number of carbonyl (C=O) groups excluding carboxylic acids is 1. The molecule has 2 aromatic carbocycles. The standard InChI is InChI=1S/C35H40ClFN2O3/c1-23(22-42-31-13-18-38-32-28(31)10-6-12-30(32)37)19-25-20-24-7-3-4-11-29(24)34(25)14-16-35(17-15-34,33(40)41-2)39-27-9-5-8-26(36)21-27/h3-5,7-9,11,13,18,21,23,25,30,39H,6,10,12,14-17,19-20,22H2,1-2H3/t23-,25?,30-,34?,35?/m1/s1. The molecule has 1 spiro atoms. The van der Waals surface area contributed by atoms with Gasteiger partial charge < -0.3 is 14.8 Å². The van der Waals surface area contributed by atoms with E-state index in [2.05, 4.69) is 41.5 Å². The van der Waals surface area contributed by atoms with E-state index in [0.29, 0.717) is 48.4 Å². The largest absolute Gasteiger partial charge is 0.493 e. The fourth-order valence-corrected chi connectivity index (χ4v) is 8.11. The molecule has 6 rings (SSSR count). The van der Waals surface area contributed by atoms with E-state index in [-0.39, 0.29) is 11.4 Å². The van der Waals surface area contributed by atoms with Gasteiger partial charge >= 0.3 is 5.97 Å². The SMILES string of the molecule is COC(=O)C1(Nc2cccc(Cl)c2)CCC2(CC1)c1ccccc1CC2C[C@@H](C)COc1ccnc2c1CCC[C@H]2F. The number of halogens is 2. The highest BCUT2D eigenvalue weighted by Crippen LogP contribution is 2.56. The summed E-state index contributed by atoms with van der Waals surface area (Å²) in [6, 6.07) is 18.3. The van der Waals surface area contributed by atoms with Crippen molar-refractivity contribution in [2.24, 2.45) is 11.8 Å². The van der Waals surface area contributed by atoms with Crippen LogP contribution in [-0.2, 0) is 27.8 Å². The molecule has 222 valence electrons. The lowest BCUT2D eigenvalue weighted by atomic mass is 9.59. The molecule has 1 N–H and O–H groups in total. The van der Waals surface area contributed by atoms with Crippen LogP contribution in [0.5, 0.6) is 5.75 Å². The van der Waals surface area contributed by atoms with E-state index in [1.54, 1.807) is 6.20 Å². The van der Waals surface area contributed by atoms with Crippen molar-refractivity contribution in [1.82, 2.24) is 4.98 Å². The van der Waals surface area contributed by atoms with Crippen molar-refractivity contribution in [3.63, 3.8) is 0 Å². The second-order valence-electron chi connectivity index (χ2n) is 12.6. The molecular weight excluding hydrogens is 551 g/mol. The van der Waals surface area contributed by atoms with Gasteiger partial charge in [0.2, 0.25) is 0 Å². The van der Waals surface area contributed by atoms with Crippen LogP contribution in [0.15, 0.2) is 60.8 Å². The Morgan fingerprint density at radius 3 is 2.74 bits per heavy atom. The molecule has 3 aliphatic rings. The summed E-state index contributed by atoms with van der Waals surface area (Å²) < 4.78 is 26.2. The first-order valence-corrected chi connectivity index (χ1v) is 15.7. The summed E-state index contributed by atoms with van der Waals surface area (Å²) in [6.45, 7) is 2.84. The van der Waals surface area contributed by atoms with Crippen molar-refractivity contribution >= 4 is 23.3 Å². The lowest BCUT2D eigenvalue weighted by molar-refractivity contribution is -0.148. The van der Waals surface area contributed by atoms with Crippen LogP contribution in [0.1, 0.15) is 80.4 Å². The molecule has 0 saturated heterocycles. The minimum absolute atomic E-state index is 0.00430. The monoisotopic (exact) mass is 590 g/mol. The quantitative estimate of drug-likeness (QED) is 0.268. The van der Waals surface area contributed by atoms with E-state index >= 15 is 0 Å². The van der Waals surface area contributed by atoms with Gasteiger partial charge in [0, 0.05) is 22.5 Å². The Kier molecular flexibility index (Phi) is 8.19.